The van der Waals surface area contributed by atoms with Crippen LogP contribution in [-0.2, 0) is 19.2 Å². The Morgan fingerprint density at radius 3 is 1.77 bits per heavy atom. The van der Waals surface area contributed by atoms with Crippen molar-refractivity contribution in [2.45, 2.75) is 58.8 Å². The van der Waals surface area contributed by atoms with E-state index >= 15 is 0 Å². The van der Waals surface area contributed by atoms with Gasteiger partial charge < -0.3 is 31.9 Å². The zero-order valence-corrected chi connectivity index (χ0v) is 15.8. The molecule has 0 aliphatic carbocycles. The van der Waals surface area contributed by atoms with E-state index in [4.69, 9.17) is 10.8 Å². The fourth-order valence-electron chi connectivity index (χ4n) is 2.02. The van der Waals surface area contributed by atoms with Crippen molar-refractivity contribution in [1.29, 1.82) is 0 Å². The minimum atomic E-state index is -1.17. The van der Waals surface area contributed by atoms with Crippen LogP contribution in [0.3, 0.4) is 0 Å². The molecule has 10 nitrogen and oxygen atoms in total. The summed E-state index contributed by atoms with van der Waals surface area (Å²) >= 11 is 0. The molecule has 0 saturated carbocycles. The Labute approximate surface area is 152 Å². The molecule has 0 aliphatic rings. The van der Waals surface area contributed by atoms with E-state index in [0.29, 0.717) is 0 Å². The molecule has 150 valence electrons. The van der Waals surface area contributed by atoms with Gasteiger partial charge in [-0.05, 0) is 18.8 Å². The first kappa shape index (κ1) is 23.8. The Morgan fingerprint density at radius 2 is 1.38 bits per heavy atom. The summed E-state index contributed by atoms with van der Waals surface area (Å²) in [4.78, 5) is 47.2. The predicted octanol–water partition coefficient (Wildman–Crippen LogP) is -1.82. The van der Waals surface area contributed by atoms with Crippen molar-refractivity contribution in [2.24, 2.45) is 17.6 Å². The summed E-state index contributed by atoms with van der Waals surface area (Å²) in [6.07, 6.45) is -1.07. The third-order valence-corrected chi connectivity index (χ3v) is 3.74. The molecule has 3 amide bonds. The van der Waals surface area contributed by atoms with E-state index in [1.807, 2.05) is 0 Å². The third-order valence-electron chi connectivity index (χ3n) is 3.74. The Hall–Kier alpha value is -2.20. The highest BCUT2D eigenvalue weighted by Gasteiger charge is 2.30. The second-order valence-corrected chi connectivity index (χ2v) is 6.84. The predicted molar refractivity (Wildman–Crippen MR) is 93.8 cm³/mol. The van der Waals surface area contributed by atoms with Gasteiger partial charge in [0, 0.05) is 0 Å². The second kappa shape index (κ2) is 10.7. The standard InChI is InChI=1S/C16H30N4O6/c1-7(2)12(15(24)20-13(8(3)4)16(25)26)19-10(22)6-18-14(23)11(17)9(5)21/h7-9,11-13,21H,6,17H2,1-5H3,(H,18,23)(H,19,22)(H,20,24)(H,25,26)/t9-,11+,12+,13+/m1/s1. The van der Waals surface area contributed by atoms with E-state index in [-0.39, 0.29) is 11.8 Å². The third kappa shape index (κ3) is 7.79. The van der Waals surface area contributed by atoms with E-state index in [1.165, 1.54) is 6.92 Å². The number of rotatable bonds is 10. The topological polar surface area (TPSA) is 171 Å². The second-order valence-electron chi connectivity index (χ2n) is 6.84. The molecule has 0 heterocycles. The van der Waals surface area contributed by atoms with Crippen LogP contribution >= 0.6 is 0 Å². The Morgan fingerprint density at radius 1 is 0.885 bits per heavy atom. The van der Waals surface area contributed by atoms with Crippen LogP contribution in [0, 0.1) is 11.8 Å². The average Bonchev–Trinajstić information content (AvgIpc) is 2.53. The summed E-state index contributed by atoms with van der Waals surface area (Å²) in [6.45, 7) is 7.61. The van der Waals surface area contributed by atoms with Crippen molar-refractivity contribution in [3.05, 3.63) is 0 Å². The van der Waals surface area contributed by atoms with E-state index in [9.17, 15) is 24.3 Å². The normalized spacial score (nSPS) is 15.7. The van der Waals surface area contributed by atoms with E-state index < -0.39 is 54.5 Å². The summed E-state index contributed by atoms with van der Waals surface area (Å²) in [5, 5.41) is 25.5. The lowest BCUT2D eigenvalue weighted by atomic mass is 10.0. The van der Waals surface area contributed by atoms with Gasteiger partial charge in [-0.15, -0.1) is 0 Å². The number of carbonyl (C=O) groups is 4. The number of aliphatic hydroxyl groups excluding tert-OH is 1. The molecular weight excluding hydrogens is 344 g/mol. The molecule has 0 saturated heterocycles. The molecule has 0 aromatic carbocycles. The van der Waals surface area contributed by atoms with Gasteiger partial charge in [0.2, 0.25) is 17.7 Å². The van der Waals surface area contributed by atoms with Gasteiger partial charge in [-0.2, -0.15) is 0 Å². The molecule has 0 rings (SSSR count). The molecular formula is C16H30N4O6. The van der Waals surface area contributed by atoms with Crippen LogP contribution in [0.25, 0.3) is 0 Å². The minimum absolute atomic E-state index is 0.309. The number of hydrogen-bond acceptors (Lipinski definition) is 6. The lowest BCUT2D eigenvalue weighted by Crippen LogP contribution is -2.56. The molecule has 4 atom stereocenters. The number of amides is 3. The number of carboxylic acids is 1. The number of carboxylic acid groups (broad SMARTS) is 1. The van der Waals surface area contributed by atoms with E-state index in [2.05, 4.69) is 16.0 Å². The van der Waals surface area contributed by atoms with Crippen molar-refractivity contribution in [1.82, 2.24) is 16.0 Å². The van der Waals surface area contributed by atoms with Crippen molar-refractivity contribution in [3.8, 4) is 0 Å². The lowest BCUT2D eigenvalue weighted by molar-refractivity contribution is -0.143. The molecule has 0 radical (unpaired) electrons. The van der Waals surface area contributed by atoms with Crippen molar-refractivity contribution >= 4 is 23.7 Å². The van der Waals surface area contributed by atoms with Crippen LogP contribution < -0.4 is 21.7 Å². The number of aliphatic hydroxyl groups is 1. The molecule has 0 fully saturated rings. The first-order valence-electron chi connectivity index (χ1n) is 8.42. The number of nitrogens with two attached hydrogens (primary N) is 1. The van der Waals surface area contributed by atoms with Crippen LogP contribution in [0.2, 0.25) is 0 Å². The van der Waals surface area contributed by atoms with Crippen LogP contribution in [0.15, 0.2) is 0 Å². The maximum atomic E-state index is 12.3. The maximum Gasteiger partial charge on any atom is 0.326 e. The van der Waals surface area contributed by atoms with Crippen molar-refractivity contribution in [3.63, 3.8) is 0 Å². The maximum absolute atomic E-state index is 12.3. The highest BCUT2D eigenvalue weighted by molar-refractivity contribution is 5.92. The Bertz CT molecular complexity index is 521. The molecule has 0 spiro atoms. The first-order valence-corrected chi connectivity index (χ1v) is 8.42. The largest absolute Gasteiger partial charge is 0.480 e. The van der Waals surface area contributed by atoms with Crippen molar-refractivity contribution in [2.75, 3.05) is 6.54 Å². The molecule has 0 aromatic rings. The number of hydrogen-bond donors (Lipinski definition) is 6. The summed E-state index contributed by atoms with van der Waals surface area (Å²) in [5.74, 6) is -3.77. The minimum Gasteiger partial charge on any atom is -0.480 e. The SMILES string of the molecule is CC(C)[C@H](NC(=O)[C@@H](NC(=O)CNC(=O)[C@@H](N)[C@@H](C)O)C(C)C)C(=O)O. The molecule has 0 unspecified atom stereocenters. The highest BCUT2D eigenvalue weighted by atomic mass is 16.4. The van der Waals surface area contributed by atoms with Gasteiger partial charge in [-0.25, -0.2) is 4.79 Å². The van der Waals surface area contributed by atoms with Crippen LogP contribution in [-0.4, -0.2) is 64.7 Å². The van der Waals surface area contributed by atoms with Crippen LogP contribution in [0.5, 0.6) is 0 Å². The van der Waals surface area contributed by atoms with Gasteiger partial charge in [0.1, 0.15) is 18.1 Å². The van der Waals surface area contributed by atoms with Gasteiger partial charge in [-0.1, -0.05) is 27.7 Å². The smallest absolute Gasteiger partial charge is 0.326 e. The average molecular weight is 374 g/mol. The van der Waals surface area contributed by atoms with E-state index in [0.717, 1.165) is 0 Å². The zero-order chi connectivity index (χ0) is 20.6. The summed E-state index contributed by atoms with van der Waals surface area (Å²) in [7, 11) is 0. The zero-order valence-electron chi connectivity index (χ0n) is 15.8. The number of aliphatic carboxylic acids is 1. The van der Waals surface area contributed by atoms with Gasteiger partial charge in [0.05, 0.1) is 12.6 Å². The quantitative estimate of drug-likeness (QED) is 0.261. The van der Waals surface area contributed by atoms with Crippen LogP contribution in [0.1, 0.15) is 34.6 Å². The fraction of sp³-hybridized carbons (Fsp3) is 0.750. The lowest BCUT2D eigenvalue weighted by Gasteiger charge is -2.25. The van der Waals surface area contributed by atoms with E-state index in [1.54, 1.807) is 27.7 Å². The summed E-state index contributed by atoms with van der Waals surface area (Å²) in [6, 6.07) is -3.22. The van der Waals surface area contributed by atoms with Gasteiger partial charge in [0.15, 0.2) is 0 Å². The molecule has 10 heteroatoms. The molecule has 26 heavy (non-hydrogen) atoms. The van der Waals surface area contributed by atoms with Crippen molar-refractivity contribution < 1.29 is 29.4 Å². The molecule has 0 aromatic heterocycles. The number of carbonyl (C=O) groups excluding carboxylic acids is 3. The summed E-state index contributed by atoms with van der Waals surface area (Å²) < 4.78 is 0. The van der Waals surface area contributed by atoms with Gasteiger partial charge in [0.25, 0.3) is 0 Å². The highest BCUT2D eigenvalue weighted by Crippen LogP contribution is 2.06. The molecule has 7 N–H and O–H groups in total. The number of nitrogens with one attached hydrogen (secondary N) is 3. The van der Waals surface area contributed by atoms with Crippen LogP contribution in [0.4, 0.5) is 0 Å². The molecule has 0 aliphatic heterocycles. The van der Waals surface area contributed by atoms with Gasteiger partial charge in [-0.3, -0.25) is 14.4 Å². The fourth-order valence-corrected chi connectivity index (χ4v) is 2.02. The Balaban J connectivity index is 4.81. The monoisotopic (exact) mass is 374 g/mol. The molecule has 0 bridgehead atoms. The first-order chi connectivity index (χ1) is 11.9. The Kier molecular flexibility index (Phi) is 9.81. The summed E-state index contributed by atoms with van der Waals surface area (Å²) in [5.41, 5.74) is 5.44. The van der Waals surface area contributed by atoms with Gasteiger partial charge >= 0.3 is 5.97 Å².